The fourth-order valence-corrected chi connectivity index (χ4v) is 3.92. The lowest BCUT2D eigenvalue weighted by Crippen LogP contribution is -2.17. The number of phenols is 1. The van der Waals surface area contributed by atoms with Crippen molar-refractivity contribution in [2.24, 2.45) is 0 Å². The van der Waals surface area contributed by atoms with Crippen LogP contribution in [0.3, 0.4) is 0 Å². The molecule has 9 heteroatoms. The number of aryl methyl sites for hydroxylation is 2. The van der Waals surface area contributed by atoms with Gasteiger partial charge in [-0.2, -0.15) is 0 Å². The predicted molar refractivity (Wildman–Crippen MR) is 108 cm³/mol. The van der Waals surface area contributed by atoms with Crippen molar-refractivity contribution in [3.8, 4) is 5.75 Å². The summed E-state index contributed by atoms with van der Waals surface area (Å²) in [5.41, 5.74) is 0.879. The second-order valence-corrected chi connectivity index (χ2v) is 7.48. The molecule has 0 radical (unpaired) electrons. The van der Waals surface area contributed by atoms with Gasteiger partial charge < -0.3 is 19.6 Å². The summed E-state index contributed by atoms with van der Waals surface area (Å²) in [6, 6.07) is 4.60. The summed E-state index contributed by atoms with van der Waals surface area (Å²) in [7, 11) is 0. The van der Waals surface area contributed by atoms with E-state index in [4.69, 9.17) is 9.47 Å². The highest BCUT2D eigenvalue weighted by atomic mass is 32.1. The molecule has 0 saturated heterocycles. The van der Waals surface area contributed by atoms with Gasteiger partial charge in [-0.3, -0.25) is 4.79 Å². The second-order valence-electron chi connectivity index (χ2n) is 6.48. The van der Waals surface area contributed by atoms with Crippen molar-refractivity contribution in [2.75, 3.05) is 6.61 Å². The van der Waals surface area contributed by atoms with Gasteiger partial charge in [0.2, 0.25) is 0 Å². The lowest BCUT2D eigenvalue weighted by molar-refractivity contribution is 0.0316. The van der Waals surface area contributed by atoms with Crippen LogP contribution in [0.25, 0.3) is 10.2 Å². The Kier molecular flexibility index (Phi) is 5.69. The fourth-order valence-electron chi connectivity index (χ4n) is 2.84. The predicted octanol–water partition coefficient (Wildman–Crippen LogP) is 3.40. The average Bonchev–Trinajstić information content (AvgIpc) is 2.99. The number of hydrogen-bond acceptors (Lipinski definition) is 8. The van der Waals surface area contributed by atoms with Gasteiger partial charge in [0, 0.05) is 0 Å². The molecule has 0 spiro atoms. The Morgan fingerprint density at radius 1 is 1.28 bits per heavy atom. The number of carbonyl (C=O) groups excluding carboxylic acids is 2. The Balaban J connectivity index is 1.92. The molecular formula is C20H20N2O6S. The maximum absolute atomic E-state index is 12.5. The third kappa shape index (κ3) is 4.00. The smallest absolute Gasteiger partial charge is 0.348 e. The number of benzene rings is 1. The number of thiophene rings is 1. The molecule has 1 atom stereocenters. The fraction of sp³-hybridized carbons (Fsp3) is 0.300. The number of nitrogens with zero attached hydrogens (tertiary/aromatic N) is 1. The van der Waals surface area contributed by atoms with Crippen molar-refractivity contribution in [3.05, 3.63) is 55.9 Å². The minimum Gasteiger partial charge on any atom is -0.507 e. The second kappa shape index (κ2) is 8.04. The quantitative estimate of drug-likeness (QED) is 0.612. The average molecular weight is 416 g/mol. The molecular weight excluding hydrogens is 396 g/mol. The number of nitrogens with one attached hydrogen (secondary N) is 1. The van der Waals surface area contributed by atoms with Crippen LogP contribution in [-0.4, -0.2) is 33.6 Å². The van der Waals surface area contributed by atoms with Crippen LogP contribution in [0.15, 0.2) is 23.0 Å². The maximum atomic E-state index is 12.5. The van der Waals surface area contributed by atoms with Gasteiger partial charge in [0.1, 0.15) is 21.0 Å². The first-order valence-electron chi connectivity index (χ1n) is 8.94. The van der Waals surface area contributed by atoms with Crippen molar-refractivity contribution in [3.63, 3.8) is 0 Å². The number of carbonyl (C=O) groups is 2. The number of aromatic amines is 1. The Morgan fingerprint density at radius 3 is 2.66 bits per heavy atom. The summed E-state index contributed by atoms with van der Waals surface area (Å²) in [4.78, 5) is 44.6. The summed E-state index contributed by atoms with van der Waals surface area (Å²) in [6.45, 7) is 6.92. The molecule has 0 saturated carbocycles. The van der Waals surface area contributed by atoms with Gasteiger partial charge in [0.25, 0.3) is 5.56 Å². The van der Waals surface area contributed by atoms with E-state index in [2.05, 4.69) is 9.97 Å². The molecule has 3 rings (SSSR count). The van der Waals surface area contributed by atoms with Crippen LogP contribution in [0.5, 0.6) is 5.75 Å². The molecule has 2 heterocycles. The topological polar surface area (TPSA) is 119 Å². The SMILES string of the molecule is CCOC(=O)c1sc2nc([C@@H](C)OC(=O)c3ccc(C)cc3O)[nH]c(=O)c2c1C. The number of rotatable bonds is 5. The van der Waals surface area contributed by atoms with E-state index in [0.29, 0.717) is 20.7 Å². The highest BCUT2D eigenvalue weighted by Crippen LogP contribution is 2.29. The van der Waals surface area contributed by atoms with Gasteiger partial charge in [0.05, 0.1) is 12.0 Å². The molecule has 1 aromatic carbocycles. The zero-order chi connectivity index (χ0) is 21.3. The Morgan fingerprint density at radius 2 is 2.00 bits per heavy atom. The highest BCUT2D eigenvalue weighted by Gasteiger charge is 2.23. The number of H-pyrrole nitrogens is 1. The van der Waals surface area contributed by atoms with Crippen LogP contribution >= 0.6 is 11.3 Å². The van der Waals surface area contributed by atoms with Crippen LogP contribution in [-0.2, 0) is 9.47 Å². The molecule has 2 aromatic heterocycles. The van der Waals surface area contributed by atoms with Crippen LogP contribution in [0.1, 0.15) is 56.9 Å². The molecule has 0 aliphatic heterocycles. The zero-order valence-electron chi connectivity index (χ0n) is 16.4. The van der Waals surface area contributed by atoms with E-state index in [0.717, 1.165) is 16.9 Å². The van der Waals surface area contributed by atoms with Gasteiger partial charge in [-0.25, -0.2) is 14.6 Å². The summed E-state index contributed by atoms with van der Waals surface area (Å²) in [5, 5.41) is 10.2. The molecule has 29 heavy (non-hydrogen) atoms. The van der Waals surface area contributed by atoms with E-state index >= 15 is 0 Å². The molecule has 0 unspecified atom stereocenters. The maximum Gasteiger partial charge on any atom is 0.348 e. The van der Waals surface area contributed by atoms with Crippen LogP contribution in [0.4, 0.5) is 0 Å². The van der Waals surface area contributed by atoms with Gasteiger partial charge in [-0.15, -0.1) is 11.3 Å². The number of aromatic hydroxyl groups is 1. The minimum atomic E-state index is -0.881. The molecule has 0 fully saturated rings. The van der Waals surface area contributed by atoms with Gasteiger partial charge in [-0.05, 0) is 51.0 Å². The minimum absolute atomic E-state index is 0.0161. The summed E-state index contributed by atoms with van der Waals surface area (Å²) in [6.07, 6.45) is -0.881. The Bertz CT molecular complexity index is 1160. The summed E-state index contributed by atoms with van der Waals surface area (Å²) >= 11 is 1.05. The normalized spacial score (nSPS) is 12.0. The standard InChI is InChI=1S/C20H20N2O6S/c1-5-27-20(26)15-10(3)14-17(24)21-16(22-18(14)29-15)11(4)28-19(25)12-7-6-9(2)8-13(12)23/h6-8,11,23H,5H2,1-4H3,(H,21,22,24)/t11-/m1/s1. The molecule has 0 bridgehead atoms. The monoisotopic (exact) mass is 416 g/mol. The molecule has 2 N–H and O–H groups in total. The van der Waals surface area contributed by atoms with Crippen LogP contribution in [0, 0.1) is 13.8 Å². The lowest BCUT2D eigenvalue weighted by atomic mass is 10.1. The van der Waals surface area contributed by atoms with E-state index < -0.39 is 23.6 Å². The number of aromatic nitrogens is 2. The number of ether oxygens (including phenoxy) is 2. The number of phenolic OH excluding ortho intramolecular Hbond substituents is 1. The van der Waals surface area contributed by atoms with E-state index in [1.807, 2.05) is 0 Å². The molecule has 8 nitrogen and oxygen atoms in total. The molecule has 0 aliphatic rings. The van der Waals surface area contributed by atoms with Gasteiger partial charge >= 0.3 is 11.9 Å². The largest absolute Gasteiger partial charge is 0.507 e. The first-order valence-corrected chi connectivity index (χ1v) is 9.75. The molecule has 3 aromatic rings. The van der Waals surface area contributed by atoms with Crippen LogP contribution in [0.2, 0.25) is 0 Å². The summed E-state index contributed by atoms with van der Waals surface area (Å²) in [5.74, 6) is -1.30. The van der Waals surface area contributed by atoms with Crippen molar-refractivity contribution < 1.29 is 24.2 Å². The van der Waals surface area contributed by atoms with E-state index in [1.165, 1.54) is 12.1 Å². The first-order chi connectivity index (χ1) is 13.7. The zero-order valence-corrected chi connectivity index (χ0v) is 17.2. The van der Waals surface area contributed by atoms with Crippen molar-refractivity contribution in [2.45, 2.75) is 33.8 Å². The number of esters is 2. The third-order valence-corrected chi connectivity index (χ3v) is 5.49. The number of hydrogen-bond donors (Lipinski definition) is 2. The molecule has 152 valence electrons. The van der Waals surface area contributed by atoms with Gasteiger partial charge in [-0.1, -0.05) is 6.07 Å². The molecule has 0 amide bonds. The highest BCUT2D eigenvalue weighted by molar-refractivity contribution is 7.20. The molecule has 0 aliphatic carbocycles. The number of fused-ring (bicyclic) bond motifs is 1. The van der Waals surface area contributed by atoms with E-state index in [-0.39, 0.29) is 23.7 Å². The Hall–Kier alpha value is -3.20. The van der Waals surface area contributed by atoms with Crippen molar-refractivity contribution in [1.82, 2.24) is 9.97 Å². The van der Waals surface area contributed by atoms with E-state index in [1.54, 1.807) is 33.8 Å². The Labute approximate surface area is 170 Å². The van der Waals surface area contributed by atoms with Crippen molar-refractivity contribution in [1.29, 1.82) is 0 Å². The van der Waals surface area contributed by atoms with Crippen LogP contribution < -0.4 is 5.56 Å². The lowest BCUT2D eigenvalue weighted by Gasteiger charge is -2.13. The third-order valence-electron chi connectivity index (χ3n) is 4.32. The summed E-state index contributed by atoms with van der Waals surface area (Å²) < 4.78 is 10.4. The van der Waals surface area contributed by atoms with E-state index in [9.17, 15) is 19.5 Å². The first kappa shape index (κ1) is 20.5. The van der Waals surface area contributed by atoms with Crippen molar-refractivity contribution >= 4 is 33.5 Å². The van der Waals surface area contributed by atoms with Gasteiger partial charge in [0.15, 0.2) is 11.9 Å².